The fraction of sp³-hybridized carbons (Fsp3) is 0.154. The second kappa shape index (κ2) is 5.29. The Hall–Kier alpha value is -1.39. The van der Waals surface area contributed by atoms with Gasteiger partial charge in [-0.2, -0.15) is 0 Å². The van der Waals surface area contributed by atoms with Gasteiger partial charge in [-0.3, -0.25) is 0 Å². The van der Waals surface area contributed by atoms with Gasteiger partial charge in [-0.15, -0.1) is 0 Å². The Labute approximate surface area is 108 Å². The normalized spacial score (nSPS) is 10.3. The van der Waals surface area contributed by atoms with Crippen molar-refractivity contribution in [1.29, 1.82) is 0 Å². The molecule has 0 fully saturated rings. The molecular formula is C13H12BrNO2. The first kappa shape index (κ1) is 12.1. The SMILES string of the molecule is Cc1ccc(Br)cc1Oc1cccc(CO)n1. The van der Waals surface area contributed by atoms with Crippen LogP contribution in [0.5, 0.6) is 11.6 Å². The van der Waals surface area contributed by atoms with Crippen molar-refractivity contribution in [2.45, 2.75) is 13.5 Å². The fourth-order valence-corrected chi connectivity index (χ4v) is 1.74. The lowest BCUT2D eigenvalue weighted by Crippen LogP contribution is -1.94. The summed E-state index contributed by atoms with van der Waals surface area (Å²) in [7, 11) is 0. The van der Waals surface area contributed by atoms with Crippen LogP contribution in [-0.2, 0) is 6.61 Å². The minimum absolute atomic E-state index is 0.0886. The summed E-state index contributed by atoms with van der Waals surface area (Å²) in [4.78, 5) is 4.17. The van der Waals surface area contributed by atoms with Crippen LogP contribution in [0.4, 0.5) is 0 Å². The zero-order chi connectivity index (χ0) is 12.3. The summed E-state index contributed by atoms with van der Waals surface area (Å²) < 4.78 is 6.64. The van der Waals surface area contributed by atoms with Crippen LogP contribution in [-0.4, -0.2) is 10.1 Å². The molecule has 0 spiro atoms. The Morgan fingerprint density at radius 3 is 2.88 bits per heavy atom. The smallest absolute Gasteiger partial charge is 0.219 e. The minimum Gasteiger partial charge on any atom is -0.439 e. The zero-order valence-corrected chi connectivity index (χ0v) is 10.9. The third-order valence-corrected chi connectivity index (χ3v) is 2.80. The topological polar surface area (TPSA) is 42.4 Å². The summed E-state index contributed by atoms with van der Waals surface area (Å²) in [6, 6.07) is 11.1. The summed E-state index contributed by atoms with van der Waals surface area (Å²) in [6.45, 7) is 1.88. The number of aliphatic hydroxyl groups is 1. The van der Waals surface area contributed by atoms with Crippen molar-refractivity contribution in [3.63, 3.8) is 0 Å². The highest BCUT2D eigenvalue weighted by Gasteiger charge is 2.04. The fourth-order valence-electron chi connectivity index (χ4n) is 1.40. The lowest BCUT2D eigenvalue weighted by Gasteiger charge is -2.08. The Kier molecular flexibility index (Phi) is 3.76. The maximum absolute atomic E-state index is 9.00. The van der Waals surface area contributed by atoms with E-state index in [0.29, 0.717) is 11.6 Å². The quantitative estimate of drug-likeness (QED) is 0.943. The van der Waals surface area contributed by atoms with Crippen molar-refractivity contribution < 1.29 is 9.84 Å². The first-order chi connectivity index (χ1) is 8.19. The lowest BCUT2D eigenvalue weighted by atomic mass is 10.2. The maximum atomic E-state index is 9.00. The molecule has 0 aliphatic heterocycles. The lowest BCUT2D eigenvalue weighted by molar-refractivity contribution is 0.275. The van der Waals surface area contributed by atoms with Crippen LogP contribution in [0.2, 0.25) is 0 Å². The van der Waals surface area contributed by atoms with Gasteiger partial charge in [-0.25, -0.2) is 4.98 Å². The molecule has 0 saturated heterocycles. The van der Waals surface area contributed by atoms with Gasteiger partial charge in [0.1, 0.15) is 5.75 Å². The van der Waals surface area contributed by atoms with Gasteiger partial charge in [-0.1, -0.05) is 28.1 Å². The largest absolute Gasteiger partial charge is 0.439 e. The molecule has 0 amide bonds. The predicted octanol–water partition coefficient (Wildman–Crippen LogP) is 3.44. The van der Waals surface area contributed by atoms with Gasteiger partial charge in [0.15, 0.2) is 0 Å². The molecule has 0 atom stereocenters. The molecule has 17 heavy (non-hydrogen) atoms. The first-order valence-electron chi connectivity index (χ1n) is 5.20. The van der Waals surface area contributed by atoms with E-state index in [1.807, 2.05) is 25.1 Å². The highest BCUT2D eigenvalue weighted by atomic mass is 79.9. The zero-order valence-electron chi connectivity index (χ0n) is 9.35. The third-order valence-electron chi connectivity index (χ3n) is 2.31. The van der Waals surface area contributed by atoms with Crippen molar-refractivity contribution in [3.8, 4) is 11.6 Å². The van der Waals surface area contributed by atoms with Crippen molar-refractivity contribution in [2.75, 3.05) is 0 Å². The molecule has 0 unspecified atom stereocenters. The summed E-state index contributed by atoms with van der Waals surface area (Å²) in [5, 5.41) is 9.00. The van der Waals surface area contributed by atoms with Crippen LogP contribution in [0.3, 0.4) is 0 Å². The number of rotatable bonds is 3. The van der Waals surface area contributed by atoms with Gasteiger partial charge >= 0.3 is 0 Å². The van der Waals surface area contributed by atoms with E-state index in [4.69, 9.17) is 9.84 Å². The number of benzene rings is 1. The number of aliphatic hydroxyl groups excluding tert-OH is 1. The number of aryl methyl sites for hydroxylation is 1. The van der Waals surface area contributed by atoms with Gasteiger partial charge in [0.25, 0.3) is 0 Å². The van der Waals surface area contributed by atoms with Gasteiger partial charge in [0, 0.05) is 10.5 Å². The summed E-state index contributed by atoms with van der Waals surface area (Å²) in [5.74, 6) is 1.24. The third kappa shape index (κ3) is 3.05. The van der Waals surface area contributed by atoms with Crippen molar-refractivity contribution in [2.24, 2.45) is 0 Å². The van der Waals surface area contributed by atoms with E-state index in [2.05, 4.69) is 20.9 Å². The van der Waals surface area contributed by atoms with Gasteiger partial charge in [-0.05, 0) is 30.7 Å². The van der Waals surface area contributed by atoms with Crippen LogP contribution in [0, 0.1) is 6.92 Å². The molecule has 3 nitrogen and oxygen atoms in total. The second-order valence-corrected chi connectivity index (χ2v) is 4.55. The molecule has 2 rings (SSSR count). The molecule has 0 radical (unpaired) electrons. The molecule has 0 aliphatic rings. The molecule has 88 valence electrons. The number of hydrogen-bond acceptors (Lipinski definition) is 3. The maximum Gasteiger partial charge on any atom is 0.219 e. The monoisotopic (exact) mass is 293 g/mol. The van der Waals surface area contributed by atoms with E-state index in [-0.39, 0.29) is 6.61 Å². The van der Waals surface area contributed by atoms with E-state index < -0.39 is 0 Å². The predicted molar refractivity (Wildman–Crippen MR) is 69.1 cm³/mol. The molecule has 0 saturated carbocycles. The van der Waals surface area contributed by atoms with Crippen LogP contribution < -0.4 is 4.74 Å². The average molecular weight is 294 g/mol. The van der Waals surface area contributed by atoms with Crippen LogP contribution in [0.1, 0.15) is 11.3 Å². The standard InChI is InChI=1S/C13H12BrNO2/c1-9-5-6-10(14)7-12(9)17-13-4-2-3-11(8-16)15-13/h2-7,16H,8H2,1H3. The van der Waals surface area contributed by atoms with Crippen LogP contribution in [0.15, 0.2) is 40.9 Å². The van der Waals surface area contributed by atoms with E-state index >= 15 is 0 Å². The van der Waals surface area contributed by atoms with Crippen molar-refractivity contribution in [1.82, 2.24) is 4.98 Å². The number of ether oxygens (including phenoxy) is 1. The first-order valence-corrected chi connectivity index (χ1v) is 5.99. The number of hydrogen-bond donors (Lipinski definition) is 1. The van der Waals surface area contributed by atoms with Crippen molar-refractivity contribution >= 4 is 15.9 Å². The van der Waals surface area contributed by atoms with Gasteiger partial charge in [0.05, 0.1) is 12.3 Å². The molecule has 1 N–H and O–H groups in total. The highest BCUT2D eigenvalue weighted by molar-refractivity contribution is 9.10. The minimum atomic E-state index is -0.0886. The number of halogens is 1. The highest BCUT2D eigenvalue weighted by Crippen LogP contribution is 2.27. The molecule has 1 aromatic carbocycles. The summed E-state index contributed by atoms with van der Waals surface area (Å²) >= 11 is 3.40. The van der Waals surface area contributed by atoms with E-state index in [1.165, 1.54) is 0 Å². The molecule has 4 heteroatoms. The Morgan fingerprint density at radius 2 is 2.12 bits per heavy atom. The molecular weight excluding hydrogens is 282 g/mol. The molecule has 0 aliphatic carbocycles. The average Bonchev–Trinajstić information content (AvgIpc) is 2.34. The molecule has 0 bridgehead atoms. The second-order valence-electron chi connectivity index (χ2n) is 3.64. The van der Waals surface area contributed by atoms with E-state index in [9.17, 15) is 0 Å². The summed E-state index contributed by atoms with van der Waals surface area (Å²) in [6.07, 6.45) is 0. The summed E-state index contributed by atoms with van der Waals surface area (Å²) in [5.41, 5.74) is 1.62. The van der Waals surface area contributed by atoms with E-state index in [1.54, 1.807) is 18.2 Å². The van der Waals surface area contributed by atoms with Crippen LogP contribution >= 0.6 is 15.9 Å². The molecule has 1 heterocycles. The Bertz CT molecular complexity index is 529. The van der Waals surface area contributed by atoms with Crippen LogP contribution in [0.25, 0.3) is 0 Å². The molecule has 2 aromatic rings. The van der Waals surface area contributed by atoms with E-state index in [0.717, 1.165) is 15.8 Å². The number of aromatic nitrogens is 1. The molecule has 1 aromatic heterocycles. The number of pyridine rings is 1. The van der Waals surface area contributed by atoms with Gasteiger partial charge in [0.2, 0.25) is 5.88 Å². The van der Waals surface area contributed by atoms with Gasteiger partial charge < -0.3 is 9.84 Å². The Morgan fingerprint density at radius 1 is 1.29 bits per heavy atom. The van der Waals surface area contributed by atoms with Crippen molar-refractivity contribution in [3.05, 3.63) is 52.1 Å². The Balaban J connectivity index is 2.27. The number of nitrogens with zero attached hydrogens (tertiary/aromatic N) is 1.